The summed E-state index contributed by atoms with van der Waals surface area (Å²) >= 11 is 0. The molecule has 0 bridgehead atoms. The lowest BCUT2D eigenvalue weighted by Gasteiger charge is -2.34. The average Bonchev–Trinajstić information content (AvgIpc) is 3.20. The lowest BCUT2D eigenvalue weighted by Crippen LogP contribution is -2.48. The SMILES string of the molecule is CC(=O)N1CCN(c2ccc(N/C(C)=C3\C(=O)Nc4cnc(-c5cnccc5C)cc43)cn2)CC1. The van der Waals surface area contributed by atoms with E-state index in [-0.39, 0.29) is 11.8 Å². The van der Waals surface area contributed by atoms with E-state index in [1.807, 2.05) is 43.0 Å². The Balaban J connectivity index is 1.36. The van der Waals surface area contributed by atoms with Crippen LogP contribution in [0.1, 0.15) is 25.0 Å². The number of aryl methyl sites for hydroxylation is 1. The topological polar surface area (TPSA) is 103 Å². The Bertz CT molecular complexity index is 1330. The molecule has 0 unspecified atom stereocenters. The molecule has 2 aliphatic heterocycles. The molecular formula is C26H27N7O2. The number of piperazine rings is 1. The predicted molar refractivity (Wildman–Crippen MR) is 136 cm³/mol. The van der Waals surface area contributed by atoms with Crippen molar-refractivity contribution in [3.05, 3.63) is 65.9 Å². The number of amides is 2. The monoisotopic (exact) mass is 469 g/mol. The van der Waals surface area contributed by atoms with Crippen molar-refractivity contribution in [2.24, 2.45) is 0 Å². The highest BCUT2D eigenvalue weighted by Gasteiger charge is 2.28. The fourth-order valence-electron chi connectivity index (χ4n) is 4.50. The molecule has 1 fully saturated rings. The number of fused-ring (bicyclic) bond motifs is 1. The van der Waals surface area contributed by atoms with Crippen LogP contribution in [0.5, 0.6) is 0 Å². The van der Waals surface area contributed by atoms with Crippen LogP contribution in [0, 0.1) is 6.92 Å². The lowest BCUT2D eigenvalue weighted by atomic mass is 10.0. The van der Waals surface area contributed by atoms with E-state index in [2.05, 4.69) is 30.5 Å². The van der Waals surface area contributed by atoms with Gasteiger partial charge in [-0.1, -0.05) is 0 Å². The van der Waals surface area contributed by atoms with Gasteiger partial charge in [0.2, 0.25) is 5.91 Å². The Morgan fingerprint density at radius 1 is 1.00 bits per heavy atom. The van der Waals surface area contributed by atoms with Crippen LogP contribution in [0.15, 0.2) is 54.7 Å². The maximum absolute atomic E-state index is 12.8. The van der Waals surface area contributed by atoms with E-state index in [1.54, 1.807) is 31.7 Å². The number of rotatable bonds is 4. The van der Waals surface area contributed by atoms with E-state index >= 15 is 0 Å². The van der Waals surface area contributed by atoms with E-state index in [9.17, 15) is 9.59 Å². The molecule has 178 valence electrons. The quantitative estimate of drug-likeness (QED) is 0.565. The molecule has 2 aliphatic rings. The molecule has 9 nitrogen and oxygen atoms in total. The third-order valence-corrected chi connectivity index (χ3v) is 6.47. The third kappa shape index (κ3) is 4.44. The van der Waals surface area contributed by atoms with Gasteiger partial charge in [-0.05, 0) is 43.7 Å². The van der Waals surface area contributed by atoms with Gasteiger partial charge in [-0.15, -0.1) is 0 Å². The van der Waals surface area contributed by atoms with Gasteiger partial charge in [0, 0.05) is 62.3 Å². The molecule has 2 N–H and O–H groups in total. The number of nitrogens with one attached hydrogen (secondary N) is 2. The summed E-state index contributed by atoms with van der Waals surface area (Å²) in [5.41, 5.74) is 6.37. The maximum atomic E-state index is 12.8. The molecule has 9 heteroatoms. The van der Waals surface area contributed by atoms with Gasteiger partial charge in [-0.3, -0.25) is 19.6 Å². The largest absolute Gasteiger partial charge is 0.357 e. The highest BCUT2D eigenvalue weighted by atomic mass is 16.2. The molecule has 0 atom stereocenters. The van der Waals surface area contributed by atoms with Crippen molar-refractivity contribution in [1.82, 2.24) is 19.9 Å². The minimum absolute atomic E-state index is 0.108. The number of carbonyl (C=O) groups is 2. The van der Waals surface area contributed by atoms with Crippen LogP contribution in [0.4, 0.5) is 17.2 Å². The van der Waals surface area contributed by atoms with Gasteiger partial charge in [-0.25, -0.2) is 4.98 Å². The van der Waals surface area contributed by atoms with Gasteiger partial charge in [0.25, 0.3) is 5.91 Å². The van der Waals surface area contributed by atoms with E-state index < -0.39 is 0 Å². The number of hydrogen-bond donors (Lipinski definition) is 2. The average molecular weight is 470 g/mol. The van der Waals surface area contributed by atoms with Crippen LogP contribution in [-0.4, -0.2) is 57.8 Å². The molecule has 3 aromatic rings. The summed E-state index contributed by atoms with van der Waals surface area (Å²) in [5.74, 6) is 0.812. The summed E-state index contributed by atoms with van der Waals surface area (Å²) in [7, 11) is 0. The van der Waals surface area contributed by atoms with Gasteiger partial charge < -0.3 is 20.4 Å². The van der Waals surface area contributed by atoms with E-state index in [0.717, 1.165) is 52.7 Å². The highest BCUT2D eigenvalue weighted by Crippen LogP contribution is 2.36. The molecule has 0 aromatic carbocycles. The Labute approximate surface area is 203 Å². The molecule has 5 rings (SSSR count). The van der Waals surface area contributed by atoms with Crippen molar-refractivity contribution >= 4 is 34.6 Å². The molecule has 35 heavy (non-hydrogen) atoms. The summed E-state index contributed by atoms with van der Waals surface area (Å²) in [6, 6.07) is 7.78. The first-order valence-electron chi connectivity index (χ1n) is 11.6. The fraction of sp³-hybridized carbons (Fsp3) is 0.269. The Hall–Kier alpha value is -4.27. The minimum atomic E-state index is -0.167. The number of nitrogens with zero attached hydrogens (tertiary/aromatic N) is 5. The van der Waals surface area contributed by atoms with Crippen molar-refractivity contribution < 1.29 is 9.59 Å². The Kier molecular flexibility index (Phi) is 5.90. The van der Waals surface area contributed by atoms with Gasteiger partial charge in [0.1, 0.15) is 5.82 Å². The van der Waals surface area contributed by atoms with Crippen LogP contribution in [-0.2, 0) is 9.59 Å². The van der Waals surface area contributed by atoms with Crippen molar-refractivity contribution in [3.63, 3.8) is 0 Å². The van der Waals surface area contributed by atoms with Gasteiger partial charge in [0.15, 0.2) is 0 Å². The van der Waals surface area contributed by atoms with Crippen molar-refractivity contribution in [1.29, 1.82) is 0 Å². The molecule has 0 radical (unpaired) electrons. The third-order valence-electron chi connectivity index (χ3n) is 6.47. The summed E-state index contributed by atoms with van der Waals surface area (Å²) in [5, 5.41) is 6.24. The summed E-state index contributed by atoms with van der Waals surface area (Å²) < 4.78 is 0. The van der Waals surface area contributed by atoms with Crippen molar-refractivity contribution in [2.45, 2.75) is 20.8 Å². The summed E-state index contributed by atoms with van der Waals surface area (Å²) in [6.07, 6.45) is 7.00. The number of allylic oxidation sites excluding steroid dienone is 1. The first-order valence-corrected chi connectivity index (χ1v) is 11.6. The normalized spacial score (nSPS) is 16.6. The van der Waals surface area contributed by atoms with Crippen LogP contribution in [0.3, 0.4) is 0 Å². The highest BCUT2D eigenvalue weighted by molar-refractivity contribution is 6.32. The molecule has 1 saturated heterocycles. The Morgan fingerprint density at radius 2 is 1.80 bits per heavy atom. The zero-order valence-corrected chi connectivity index (χ0v) is 20.0. The van der Waals surface area contributed by atoms with Gasteiger partial charge in [-0.2, -0.15) is 0 Å². The van der Waals surface area contributed by atoms with Gasteiger partial charge >= 0.3 is 0 Å². The second-order valence-electron chi connectivity index (χ2n) is 8.78. The maximum Gasteiger partial charge on any atom is 0.258 e. The smallest absolute Gasteiger partial charge is 0.258 e. The number of hydrogen-bond acceptors (Lipinski definition) is 7. The van der Waals surface area contributed by atoms with Crippen molar-refractivity contribution in [3.8, 4) is 11.3 Å². The number of anilines is 3. The molecule has 5 heterocycles. The van der Waals surface area contributed by atoms with E-state index in [4.69, 9.17) is 0 Å². The molecule has 0 aliphatic carbocycles. The summed E-state index contributed by atoms with van der Waals surface area (Å²) in [4.78, 5) is 41.7. The first-order chi connectivity index (χ1) is 16.9. The molecular weight excluding hydrogens is 442 g/mol. The first kappa shape index (κ1) is 22.5. The second kappa shape index (κ2) is 9.17. The number of pyridine rings is 3. The number of aromatic nitrogens is 3. The second-order valence-corrected chi connectivity index (χ2v) is 8.78. The number of carbonyl (C=O) groups excluding carboxylic acids is 2. The molecule has 3 aromatic heterocycles. The standard InChI is InChI=1S/C26H27N7O2/c1-16-6-7-27-14-21(16)22-12-20-23(15-28-22)31-26(35)25(20)17(2)30-19-4-5-24(29-13-19)33-10-8-32(9-11-33)18(3)34/h4-7,12-15,30H,8-11H2,1-3H3,(H,31,35)/b25-17-. The lowest BCUT2D eigenvalue weighted by molar-refractivity contribution is -0.129. The molecule has 0 saturated carbocycles. The van der Waals surface area contributed by atoms with Crippen molar-refractivity contribution in [2.75, 3.05) is 41.7 Å². The summed E-state index contributed by atoms with van der Waals surface area (Å²) in [6.45, 7) is 8.41. The van der Waals surface area contributed by atoms with Crippen LogP contribution in [0.25, 0.3) is 16.8 Å². The fourth-order valence-corrected chi connectivity index (χ4v) is 4.50. The van der Waals surface area contributed by atoms with E-state index in [1.165, 1.54) is 0 Å². The van der Waals surface area contributed by atoms with E-state index in [0.29, 0.717) is 24.4 Å². The molecule has 0 spiro atoms. The van der Waals surface area contributed by atoms with Crippen LogP contribution in [0.2, 0.25) is 0 Å². The zero-order valence-electron chi connectivity index (χ0n) is 20.0. The molecule has 2 amide bonds. The van der Waals surface area contributed by atoms with Crippen LogP contribution < -0.4 is 15.5 Å². The van der Waals surface area contributed by atoms with Gasteiger partial charge in [0.05, 0.1) is 35.0 Å². The minimum Gasteiger partial charge on any atom is -0.357 e. The zero-order chi connectivity index (χ0) is 24.5. The predicted octanol–water partition coefficient (Wildman–Crippen LogP) is 3.31. The Morgan fingerprint density at radius 3 is 2.49 bits per heavy atom. The van der Waals surface area contributed by atoms with Crippen LogP contribution >= 0.6 is 0 Å².